The first-order valence-corrected chi connectivity index (χ1v) is 33.1. The minimum atomic E-state index is -1.03. The maximum absolute atomic E-state index is 12.5. The molecule has 1 amide bonds. The van der Waals surface area contributed by atoms with Crippen LogP contribution >= 0.6 is 0 Å². The molecule has 2 aliphatic rings. The van der Waals surface area contributed by atoms with Gasteiger partial charge in [0.2, 0.25) is 0 Å². The smallest absolute Gasteiger partial charge is 0.410 e. The molecule has 2 rings (SSSR count). The molecule has 1 atom stereocenters. The first-order valence-electron chi connectivity index (χ1n) is 33.1. The lowest BCUT2D eigenvalue weighted by atomic mass is 9.78. The Morgan fingerprint density at radius 3 is 1.01 bits per heavy atom. The Balaban J connectivity index is -0.00000113. The highest BCUT2D eigenvalue weighted by atomic mass is 16.6. The van der Waals surface area contributed by atoms with Crippen molar-refractivity contribution >= 4 is 41.7 Å². The Morgan fingerprint density at radius 2 is 0.725 bits per heavy atom. The van der Waals surface area contributed by atoms with Crippen LogP contribution in [0.15, 0.2) is 0 Å². The van der Waals surface area contributed by atoms with Gasteiger partial charge in [0.1, 0.15) is 5.78 Å². The van der Waals surface area contributed by atoms with Crippen molar-refractivity contribution in [3.8, 4) is 0 Å². The maximum Gasteiger partial charge on any atom is 0.410 e. The van der Waals surface area contributed by atoms with Gasteiger partial charge in [0.25, 0.3) is 0 Å². The van der Waals surface area contributed by atoms with Gasteiger partial charge < -0.3 is 33.7 Å². The molecule has 1 saturated carbocycles. The predicted molar refractivity (Wildman–Crippen MR) is 326 cm³/mol. The van der Waals surface area contributed by atoms with E-state index in [9.17, 15) is 33.6 Å². The molecule has 0 aromatic carbocycles. The Labute approximate surface area is 490 Å². The van der Waals surface area contributed by atoms with Crippen molar-refractivity contribution in [3.63, 3.8) is 0 Å². The van der Waals surface area contributed by atoms with Crippen LogP contribution in [-0.2, 0) is 52.5 Å². The zero-order valence-electron chi connectivity index (χ0n) is 53.4. The lowest BCUT2D eigenvalue weighted by molar-refractivity contribution is -0.150. The van der Waals surface area contributed by atoms with Crippen molar-refractivity contribution < 1.29 is 62.4 Å². The van der Waals surface area contributed by atoms with Crippen molar-refractivity contribution in [1.29, 1.82) is 0 Å². The predicted octanol–water partition coefficient (Wildman–Crippen LogP) is 17.9. The first kappa shape index (κ1) is 80.5. The molecule has 1 N–H and O–H groups in total. The van der Waals surface area contributed by atoms with Crippen LogP contribution in [0.2, 0.25) is 0 Å². The molecular formula is C66H125NO13. The Hall–Kier alpha value is -3.71. The van der Waals surface area contributed by atoms with Crippen molar-refractivity contribution in [2.45, 2.75) is 326 Å². The number of rotatable bonds is 45. The summed E-state index contributed by atoms with van der Waals surface area (Å²) in [4.78, 5) is 85.4. The van der Waals surface area contributed by atoms with E-state index in [1.165, 1.54) is 103 Å². The summed E-state index contributed by atoms with van der Waals surface area (Å²) >= 11 is 0. The topological polar surface area (TPSA) is 189 Å². The molecule has 472 valence electrons. The van der Waals surface area contributed by atoms with Gasteiger partial charge in [-0.25, -0.2) is 4.79 Å². The van der Waals surface area contributed by atoms with Gasteiger partial charge in [-0.1, -0.05) is 217 Å². The van der Waals surface area contributed by atoms with Crippen LogP contribution in [0.25, 0.3) is 0 Å². The molecule has 0 radical (unpaired) electrons. The van der Waals surface area contributed by atoms with Crippen molar-refractivity contribution in [2.24, 2.45) is 17.8 Å². The van der Waals surface area contributed by atoms with Crippen LogP contribution in [0, 0.1) is 17.8 Å². The van der Waals surface area contributed by atoms with Gasteiger partial charge in [0.15, 0.2) is 0 Å². The zero-order valence-corrected chi connectivity index (χ0v) is 53.4. The van der Waals surface area contributed by atoms with Gasteiger partial charge in [-0.15, -0.1) is 0 Å². The number of aliphatic carboxylic acids is 1. The highest BCUT2D eigenvalue weighted by molar-refractivity contribution is 5.83. The number of nitrogens with zero attached hydrogens (tertiary/aromatic N) is 1. The third-order valence-corrected chi connectivity index (χ3v) is 14.4. The number of ether oxygens (including phenoxy) is 5. The number of carboxylic acid groups (broad SMARTS) is 1. The van der Waals surface area contributed by atoms with Crippen molar-refractivity contribution in [2.75, 3.05) is 39.6 Å². The number of unbranched alkanes of at least 4 members (excludes halogenated alkanes) is 21. The SMILES string of the molecule is CC.CCCC.CCCCCCCCOC(=O)CC(CC(=O)O)CC(=O)OCCCCCCCC.CCCCCCCCOC(=O)CC(CC(=O)OCCCCCCCC)CC(=O)C1CCC1.CCCOC(=O)N1CCCC1CC. The van der Waals surface area contributed by atoms with E-state index in [4.69, 9.17) is 28.8 Å². The monoisotopic (exact) mass is 1140 g/mol. The second-order valence-electron chi connectivity index (χ2n) is 21.9. The number of Topliss-reactive ketones (excluding diaryl/α,β-unsaturated/α-hetero) is 1. The molecular weight excluding hydrogens is 1010 g/mol. The number of ketones is 1. The number of hydrogen-bond acceptors (Lipinski definition) is 12. The number of carboxylic acids is 1. The molecule has 14 heteroatoms. The van der Waals surface area contributed by atoms with Crippen LogP contribution < -0.4 is 0 Å². The zero-order chi connectivity index (χ0) is 60.3. The summed E-state index contributed by atoms with van der Waals surface area (Å²) in [6.07, 6.45) is 36.7. The van der Waals surface area contributed by atoms with E-state index < -0.39 is 23.8 Å². The summed E-state index contributed by atoms with van der Waals surface area (Å²) in [6.45, 7) is 24.2. The van der Waals surface area contributed by atoms with E-state index >= 15 is 0 Å². The summed E-state index contributed by atoms with van der Waals surface area (Å²) in [5.74, 6) is -3.07. The molecule has 1 saturated heterocycles. The molecule has 1 aliphatic carbocycles. The molecule has 0 aromatic heterocycles. The second-order valence-corrected chi connectivity index (χ2v) is 21.9. The number of esters is 4. The lowest BCUT2D eigenvalue weighted by Crippen LogP contribution is -2.35. The molecule has 1 unspecified atom stereocenters. The first-order chi connectivity index (χ1) is 38.8. The van der Waals surface area contributed by atoms with Crippen LogP contribution in [0.5, 0.6) is 0 Å². The number of amides is 1. The third-order valence-electron chi connectivity index (χ3n) is 14.4. The van der Waals surface area contributed by atoms with Gasteiger partial charge in [0.05, 0.1) is 33.0 Å². The fourth-order valence-corrected chi connectivity index (χ4v) is 9.09. The van der Waals surface area contributed by atoms with Gasteiger partial charge in [0, 0.05) is 57.0 Å². The average Bonchev–Trinajstić information content (AvgIpc) is 3.91. The quantitative estimate of drug-likeness (QED) is 0.0345. The number of carbonyl (C=O) groups excluding carboxylic acids is 6. The molecule has 1 heterocycles. The highest BCUT2D eigenvalue weighted by Crippen LogP contribution is 2.31. The van der Waals surface area contributed by atoms with E-state index in [1.807, 2.05) is 25.7 Å². The van der Waals surface area contributed by atoms with Crippen LogP contribution in [0.4, 0.5) is 4.79 Å². The fraction of sp³-hybridized carbons (Fsp3) is 0.894. The van der Waals surface area contributed by atoms with Gasteiger partial charge in [-0.2, -0.15) is 0 Å². The molecule has 80 heavy (non-hydrogen) atoms. The molecule has 2 fully saturated rings. The van der Waals surface area contributed by atoms with E-state index in [0.717, 1.165) is 116 Å². The van der Waals surface area contributed by atoms with Crippen molar-refractivity contribution in [1.82, 2.24) is 4.90 Å². The largest absolute Gasteiger partial charge is 0.481 e. The van der Waals surface area contributed by atoms with Gasteiger partial charge in [-0.3, -0.25) is 28.8 Å². The summed E-state index contributed by atoms with van der Waals surface area (Å²) in [5.41, 5.74) is 0. The molecule has 0 bridgehead atoms. The molecule has 14 nitrogen and oxygen atoms in total. The van der Waals surface area contributed by atoms with E-state index in [0.29, 0.717) is 39.1 Å². The second kappa shape index (κ2) is 61.4. The molecule has 0 spiro atoms. The Bertz CT molecular complexity index is 1400. The van der Waals surface area contributed by atoms with E-state index in [2.05, 4.69) is 48.5 Å². The number of hydrogen-bond donors (Lipinski definition) is 1. The molecule has 0 aromatic rings. The van der Waals surface area contributed by atoms with E-state index in [1.54, 1.807) is 0 Å². The fourth-order valence-electron chi connectivity index (χ4n) is 9.09. The number of carbonyl (C=O) groups is 7. The maximum atomic E-state index is 12.5. The summed E-state index contributed by atoms with van der Waals surface area (Å²) in [5, 5.41) is 9.04. The molecule has 1 aliphatic heterocycles. The summed E-state index contributed by atoms with van der Waals surface area (Å²) in [7, 11) is 0. The standard InChI is InChI=1S/C27H48O5.C23H42O6.C10H19NO2.C4H10.C2H6/c1-3-5-7-9-11-13-18-31-26(29)21-23(20-25(28)24-16-15-17-24)22-27(30)32-19-14-12-10-8-6-4-2;1-3-5-7-9-11-13-15-28-22(26)18-20(17-21(24)25)19-23(27)29-16-14-12-10-8-6-4-2;1-3-8-13-10(12)11-7-5-6-9(11)4-2;1-3-4-2;1-2/h23-24H,3-22H2,1-2H3;20H,3-19H2,1-2H3,(H,24,25);9H,3-8H2,1-2H3;3-4H2,1-2H3;1-2H3. The van der Waals surface area contributed by atoms with Crippen LogP contribution in [0.1, 0.15) is 320 Å². The summed E-state index contributed by atoms with van der Waals surface area (Å²) in [6, 6.07) is 0.421. The van der Waals surface area contributed by atoms with Crippen LogP contribution in [-0.4, -0.2) is 97.4 Å². The number of likely N-dealkylation sites (tertiary alicyclic amines) is 1. The minimum absolute atomic E-state index is 0.0613. The highest BCUT2D eigenvalue weighted by Gasteiger charge is 2.30. The van der Waals surface area contributed by atoms with Gasteiger partial charge in [-0.05, 0) is 76.0 Å². The van der Waals surface area contributed by atoms with E-state index in [-0.39, 0.29) is 74.2 Å². The Morgan fingerprint density at radius 1 is 0.388 bits per heavy atom. The summed E-state index contributed by atoms with van der Waals surface area (Å²) < 4.78 is 26.3. The minimum Gasteiger partial charge on any atom is -0.481 e. The normalized spacial score (nSPS) is 13.4. The van der Waals surface area contributed by atoms with Crippen LogP contribution in [0.3, 0.4) is 0 Å². The van der Waals surface area contributed by atoms with Gasteiger partial charge >= 0.3 is 35.9 Å². The average molecular weight is 1140 g/mol. The van der Waals surface area contributed by atoms with Crippen molar-refractivity contribution in [3.05, 3.63) is 0 Å². The lowest BCUT2D eigenvalue weighted by Gasteiger charge is -2.25. The third kappa shape index (κ3) is 52.4. The Kier molecular flexibility index (Phi) is 61.8.